The van der Waals surface area contributed by atoms with Gasteiger partial charge in [-0.3, -0.25) is 4.79 Å². The van der Waals surface area contributed by atoms with Crippen LogP contribution in [0.3, 0.4) is 0 Å². The summed E-state index contributed by atoms with van der Waals surface area (Å²) in [6.45, 7) is 1.16. The molecule has 0 spiro atoms. The monoisotopic (exact) mass is 313 g/mol. The van der Waals surface area contributed by atoms with Gasteiger partial charge in [-0.2, -0.15) is 0 Å². The third kappa shape index (κ3) is 2.53. The Balaban J connectivity index is 1.64. The molecule has 1 amide bonds. The van der Waals surface area contributed by atoms with Crippen molar-refractivity contribution in [2.45, 2.75) is 37.6 Å². The second kappa shape index (κ2) is 5.77. The summed E-state index contributed by atoms with van der Waals surface area (Å²) in [4.78, 5) is 21.5. The topological polar surface area (TPSA) is 77.2 Å². The molecule has 120 valence electrons. The summed E-state index contributed by atoms with van der Waals surface area (Å²) < 4.78 is 11.0. The van der Waals surface area contributed by atoms with Crippen LogP contribution in [0, 0.1) is 0 Å². The van der Waals surface area contributed by atoms with Gasteiger partial charge in [-0.15, -0.1) is 0 Å². The standard InChI is InChI=1S/C17H19N3O3/c21-15(14-13-4-1-3-12(13)11-23-14)20-17(5-9-22-10-6-17)16-18-7-2-8-19-16/h2,7-8,11H,1,3-6,9-10H2,(H,20,21). The number of furan rings is 1. The predicted molar refractivity (Wildman–Crippen MR) is 82.0 cm³/mol. The number of carbonyl (C=O) groups excluding carboxylic acids is 1. The number of nitrogens with one attached hydrogen (secondary N) is 1. The van der Waals surface area contributed by atoms with Gasteiger partial charge in [0.05, 0.1) is 6.26 Å². The van der Waals surface area contributed by atoms with Gasteiger partial charge in [0.15, 0.2) is 11.6 Å². The van der Waals surface area contributed by atoms with Gasteiger partial charge in [-0.05, 0) is 30.9 Å². The zero-order chi connectivity index (χ0) is 15.7. The van der Waals surface area contributed by atoms with E-state index in [9.17, 15) is 4.79 Å². The fourth-order valence-corrected chi connectivity index (χ4v) is 3.49. The summed E-state index contributed by atoms with van der Waals surface area (Å²) in [6.07, 6.45) is 9.43. The van der Waals surface area contributed by atoms with Crippen molar-refractivity contribution in [1.29, 1.82) is 0 Å². The van der Waals surface area contributed by atoms with Crippen LogP contribution in [0.1, 0.15) is 46.8 Å². The van der Waals surface area contributed by atoms with Gasteiger partial charge < -0.3 is 14.5 Å². The zero-order valence-corrected chi connectivity index (χ0v) is 12.9. The van der Waals surface area contributed by atoms with Gasteiger partial charge >= 0.3 is 0 Å². The minimum Gasteiger partial charge on any atom is -0.459 e. The highest BCUT2D eigenvalue weighted by Crippen LogP contribution is 2.32. The van der Waals surface area contributed by atoms with Crippen LogP contribution in [-0.2, 0) is 23.1 Å². The van der Waals surface area contributed by atoms with Crippen molar-refractivity contribution < 1.29 is 13.9 Å². The lowest BCUT2D eigenvalue weighted by Crippen LogP contribution is -2.50. The molecule has 3 heterocycles. The predicted octanol–water partition coefficient (Wildman–Crippen LogP) is 1.99. The van der Waals surface area contributed by atoms with Crippen molar-refractivity contribution in [1.82, 2.24) is 15.3 Å². The molecule has 2 aromatic heterocycles. The molecule has 0 saturated carbocycles. The molecule has 1 aliphatic carbocycles. The van der Waals surface area contributed by atoms with Crippen molar-refractivity contribution in [2.75, 3.05) is 13.2 Å². The Morgan fingerprint density at radius 2 is 1.96 bits per heavy atom. The first-order valence-electron chi connectivity index (χ1n) is 8.05. The molecule has 23 heavy (non-hydrogen) atoms. The molecular formula is C17H19N3O3. The number of fused-ring (bicyclic) bond motifs is 1. The number of rotatable bonds is 3. The van der Waals surface area contributed by atoms with E-state index in [-0.39, 0.29) is 5.91 Å². The maximum absolute atomic E-state index is 12.8. The summed E-state index contributed by atoms with van der Waals surface area (Å²) >= 11 is 0. The number of hydrogen-bond acceptors (Lipinski definition) is 5. The Hall–Kier alpha value is -2.21. The highest BCUT2D eigenvalue weighted by molar-refractivity contribution is 5.94. The number of amides is 1. The SMILES string of the molecule is O=C(NC1(c2ncccn2)CCOCC1)c1occ2c1CCC2. The molecular weight excluding hydrogens is 294 g/mol. The Kier molecular flexibility index (Phi) is 3.61. The van der Waals surface area contributed by atoms with Crippen LogP contribution >= 0.6 is 0 Å². The maximum Gasteiger partial charge on any atom is 0.288 e. The van der Waals surface area contributed by atoms with Crippen molar-refractivity contribution in [3.8, 4) is 0 Å². The smallest absolute Gasteiger partial charge is 0.288 e. The lowest BCUT2D eigenvalue weighted by Gasteiger charge is -2.36. The van der Waals surface area contributed by atoms with Crippen LogP contribution in [-0.4, -0.2) is 29.1 Å². The molecule has 2 aromatic rings. The third-order valence-electron chi connectivity index (χ3n) is 4.75. The van der Waals surface area contributed by atoms with E-state index in [0.29, 0.717) is 37.6 Å². The molecule has 0 bridgehead atoms. The fourth-order valence-electron chi connectivity index (χ4n) is 3.49. The molecule has 1 fully saturated rings. The third-order valence-corrected chi connectivity index (χ3v) is 4.75. The van der Waals surface area contributed by atoms with E-state index >= 15 is 0 Å². The van der Waals surface area contributed by atoms with Crippen molar-refractivity contribution in [3.63, 3.8) is 0 Å². The van der Waals surface area contributed by atoms with Crippen LogP contribution in [0.25, 0.3) is 0 Å². The number of aryl methyl sites for hydroxylation is 1. The maximum atomic E-state index is 12.8. The van der Waals surface area contributed by atoms with Crippen LogP contribution in [0.4, 0.5) is 0 Å². The molecule has 4 rings (SSSR count). The first-order chi connectivity index (χ1) is 11.3. The summed E-state index contributed by atoms with van der Waals surface area (Å²) in [5.74, 6) is 0.904. The van der Waals surface area contributed by atoms with E-state index in [1.54, 1.807) is 24.7 Å². The van der Waals surface area contributed by atoms with Gasteiger partial charge in [-0.1, -0.05) is 0 Å². The highest BCUT2D eigenvalue weighted by Gasteiger charge is 2.40. The summed E-state index contributed by atoms with van der Waals surface area (Å²) in [5.41, 5.74) is 1.63. The van der Waals surface area contributed by atoms with Crippen molar-refractivity contribution in [3.05, 3.63) is 47.4 Å². The summed E-state index contributed by atoms with van der Waals surface area (Å²) in [5, 5.41) is 3.14. The average Bonchev–Trinajstić information content (AvgIpc) is 3.19. The first-order valence-corrected chi connectivity index (χ1v) is 8.05. The number of aromatic nitrogens is 2. The quantitative estimate of drug-likeness (QED) is 0.937. The van der Waals surface area contributed by atoms with E-state index in [0.717, 1.165) is 30.4 Å². The van der Waals surface area contributed by atoms with E-state index in [1.807, 2.05) is 0 Å². The molecule has 6 nitrogen and oxygen atoms in total. The molecule has 6 heteroatoms. The zero-order valence-electron chi connectivity index (χ0n) is 12.9. The van der Waals surface area contributed by atoms with Crippen LogP contribution in [0.5, 0.6) is 0 Å². The molecule has 1 N–H and O–H groups in total. The highest BCUT2D eigenvalue weighted by atomic mass is 16.5. The Morgan fingerprint density at radius 3 is 2.74 bits per heavy atom. The number of ether oxygens (including phenoxy) is 1. The number of carbonyl (C=O) groups is 1. The Labute approximate surface area is 134 Å². The van der Waals surface area contributed by atoms with E-state index in [2.05, 4.69) is 15.3 Å². The van der Waals surface area contributed by atoms with E-state index in [1.165, 1.54) is 0 Å². The lowest BCUT2D eigenvalue weighted by molar-refractivity contribution is 0.0305. The van der Waals surface area contributed by atoms with Crippen molar-refractivity contribution >= 4 is 5.91 Å². The van der Waals surface area contributed by atoms with Crippen LogP contribution in [0.2, 0.25) is 0 Å². The van der Waals surface area contributed by atoms with Gasteiger partial charge in [-0.25, -0.2) is 9.97 Å². The second-order valence-corrected chi connectivity index (χ2v) is 6.14. The molecule has 0 atom stereocenters. The lowest BCUT2D eigenvalue weighted by atomic mass is 9.88. The molecule has 2 aliphatic rings. The van der Waals surface area contributed by atoms with E-state index in [4.69, 9.17) is 9.15 Å². The second-order valence-electron chi connectivity index (χ2n) is 6.14. The molecule has 0 aromatic carbocycles. The molecule has 0 radical (unpaired) electrons. The van der Waals surface area contributed by atoms with Crippen LogP contribution in [0.15, 0.2) is 29.1 Å². The van der Waals surface area contributed by atoms with Crippen LogP contribution < -0.4 is 5.32 Å². The average molecular weight is 313 g/mol. The number of hydrogen-bond donors (Lipinski definition) is 1. The number of nitrogens with zero attached hydrogens (tertiary/aromatic N) is 2. The largest absolute Gasteiger partial charge is 0.459 e. The molecule has 1 saturated heterocycles. The van der Waals surface area contributed by atoms with E-state index < -0.39 is 5.54 Å². The first kappa shape index (κ1) is 14.4. The fraction of sp³-hybridized carbons (Fsp3) is 0.471. The minimum absolute atomic E-state index is 0.178. The minimum atomic E-state index is -0.588. The normalized spacial score (nSPS) is 19.3. The van der Waals surface area contributed by atoms with Crippen molar-refractivity contribution in [2.24, 2.45) is 0 Å². The molecule has 0 unspecified atom stereocenters. The van der Waals surface area contributed by atoms with Gasteiger partial charge in [0, 0.05) is 44.0 Å². The van der Waals surface area contributed by atoms with Gasteiger partial charge in [0.1, 0.15) is 5.54 Å². The summed E-state index contributed by atoms with van der Waals surface area (Å²) in [7, 11) is 0. The molecule has 1 aliphatic heterocycles. The summed E-state index contributed by atoms with van der Waals surface area (Å²) in [6, 6.07) is 1.78. The van der Waals surface area contributed by atoms with Gasteiger partial charge in [0.2, 0.25) is 0 Å². The Bertz CT molecular complexity index is 705. The van der Waals surface area contributed by atoms with Gasteiger partial charge in [0.25, 0.3) is 5.91 Å². The Morgan fingerprint density at radius 1 is 1.17 bits per heavy atom.